The van der Waals surface area contributed by atoms with Crippen molar-refractivity contribution in [3.8, 4) is 5.75 Å². The molecule has 0 aliphatic carbocycles. The lowest BCUT2D eigenvalue weighted by Crippen LogP contribution is -2.09. The van der Waals surface area contributed by atoms with Gasteiger partial charge in [-0.2, -0.15) is 0 Å². The van der Waals surface area contributed by atoms with Crippen molar-refractivity contribution in [2.24, 2.45) is 0 Å². The minimum atomic E-state index is 0.502. The molecule has 2 rings (SSSR count). The summed E-state index contributed by atoms with van der Waals surface area (Å²) in [6.45, 7) is 1.33. The maximum absolute atomic E-state index is 5.95. The topological polar surface area (TPSA) is 21.3 Å². The zero-order valence-electron chi connectivity index (χ0n) is 10.6. The van der Waals surface area contributed by atoms with E-state index < -0.39 is 0 Å². The smallest absolute Gasteiger partial charge is 0.121 e. The molecule has 100 valence electrons. The summed E-state index contributed by atoms with van der Waals surface area (Å²) in [4.78, 5) is 0. The van der Waals surface area contributed by atoms with Gasteiger partial charge in [-0.3, -0.25) is 0 Å². The van der Waals surface area contributed by atoms with E-state index in [-0.39, 0.29) is 0 Å². The molecule has 0 saturated carbocycles. The van der Waals surface area contributed by atoms with Crippen LogP contribution >= 0.6 is 23.2 Å². The zero-order valence-corrected chi connectivity index (χ0v) is 12.1. The molecule has 4 heteroatoms. The predicted molar refractivity (Wildman–Crippen MR) is 80.0 cm³/mol. The van der Waals surface area contributed by atoms with Crippen LogP contribution in [0.5, 0.6) is 5.75 Å². The van der Waals surface area contributed by atoms with Gasteiger partial charge < -0.3 is 10.1 Å². The van der Waals surface area contributed by atoms with Gasteiger partial charge in [0.25, 0.3) is 0 Å². The first-order valence-corrected chi connectivity index (χ1v) is 6.75. The summed E-state index contributed by atoms with van der Waals surface area (Å²) in [6.07, 6.45) is 0. The fourth-order valence-electron chi connectivity index (χ4n) is 1.79. The number of nitrogens with one attached hydrogen (secondary N) is 1. The monoisotopic (exact) mass is 295 g/mol. The van der Waals surface area contributed by atoms with Crippen molar-refractivity contribution < 1.29 is 4.74 Å². The van der Waals surface area contributed by atoms with Crippen LogP contribution in [0.4, 0.5) is 0 Å². The second-order valence-corrected chi connectivity index (χ2v) is 4.98. The second-order valence-electron chi connectivity index (χ2n) is 4.16. The summed E-state index contributed by atoms with van der Waals surface area (Å²) in [7, 11) is 1.93. The molecule has 0 aromatic heterocycles. The molecule has 0 amide bonds. The number of rotatable bonds is 5. The number of hydrogen-bond donors (Lipinski definition) is 1. The summed E-state index contributed by atoms with van der Waals surface area (Å²) in [5, 5.41) is 4.18. The van der Waals surface area contributed by atoms with Gasteiger partial charge >= 0.3 is 0 Å². The molecule has 19 heavy (non-hydrogen) atoms. The van der Waals surface area contributed by atoms with Gasteiger partial charge in [-0.05, 0) is 30.3 Å². The third kappa shape index (κ3) is 3.87. The molecule has 2 nitrogen and oxygen atoms in total. The first-order chi connectivity index (χ1) is 9.20. The number of ether oxygens (including phenoxy) is 1. The van der Waals surface area contributed by atoms with Crippen molar-refractivity contribution in [1.29, 1.82) is 0 Å². The van der Waals surface area contributed by atoms with E-state index in [9.17, 15) is 0 Å². The minimum Gasteiger partial charge on any atom is -0.489 e. The standard InChI is InChI=1S/C15H15Cl2NO/c1-18-9-11-4-2-3-5-12(11)10-19-13-6-7-14(16)15(17)8-13/h2-8,18H,9-10H2,1H3. The summed E-state index contributed by atoms with van der Waals surface area (Å²) in [5.41, 5.74) is 2.38. The van der Waals surface area contributed by atoms with Crippen LogP contribution in [0.15, 0.2) is 42.5 Å². The maximum atomic E-state index is 5.95. The summed E-state index contributed by atoms with van der Waals surface area (Å²) in [6, 6.07) is 13.5. The quantitative estimate of drug-likeness (QED) is 0.888. The second kappa shape index (κ2) is 6.80. The Hall–Kier alpha value is -1.22. The maximum Gasteiger partial charge on any atom is 0.121 e. The highest BCUT2D eigenvalue weighted by atomic mass is 35.5. The van der Waals surface area contributed by atoms with Crippen molar-refractivity contribution in [1.82, 2.24) is 5.32 Å². The molecule has 0 aliphatic heterocycles. The lowest BCUT2D eigenvalue weighted by molar-refractivity contribution is 0.305. The van der Waals surface area contributed by atoms with E-state index in [0.29, 0.717) is 22.4 Å². The molecule has 0 fully saturated rings. The Bertz CT molecular complexity index is 558. The molecule has 0 unspecified atom stereocenters. The Morgan fingerprint density at radius 3 is 2.42 bits per heavy atom. The van der Waals surface area contributed by atoms with Crippen LogP contribution in [0.2, 0.25) is 10.0 Å². The molecule has 2 aromatic rings. The van der Waals surface area contributed by atoms with Crippen LogP contribution in [0.1, 0.15) is 11.1 Å². The highest BCUT2D eigenvalue weighted by molar-refractivity contribution is 6.42. The molecule has 1 N–H and O–H groups in total. The van der Waals surface area contributed by atoms with E-state index >= 15 is 0 Å². The zero-order chi connectivity index (χ0) is 13.7. The van der Waals surface area contributed by atoms with Crippen LogP contribution in [-0.4, -0.2) is 7.05 Å². The fraction of sp³-hybridized carbons (Fsp3) is 0.200. The van der Waals surface area contributed by atoms with Crippen molar-refractivity contribution in [2.75, 3.05) is 7.05 Å². The van der Waals surface area contributed by atoms with Crippen LogP contribution in [-0.2, 0) is 13.2 Å². The Morgan fingerprint density at radius 2 is 1.74 bits per heavy atom. The van der Waals surface area contributed by atoms with Crippen LogP contribution < -0.4 is 10.1 Å². The largest absolute Gasteiger partial charge is 0.489 e. The number of halogens is 2. The van der Waals surface area contributed by atoms with Gasteiger partial charge in [-0.25, -0.2) is 0 Å². The average molecular weight is 296 g/mol. The van der Waals surface area contributed by atoms with Gasteiger partial charge in [0.1, 0.15) is 12.4 Å². The first kappa shape index (κ1) is 14.2. The Morgan fingerprint density at radius 1 is 1.00 bits per heavy atom. The van der Waals surface area contributed by atoms with Crippen LogP contribution in [0.3, 0.4) is 0 Å². The van der Waals surface area contributed by atoms with Gasteiger partial charge in [0.05, 0.1) is 10.0 Å². The molecule has 0 spiro atoms. The van der Waals surface area contributed by atoms with Crippen molar-refractivity contribution in [2.45, 2.75) is 13.2 Å². The SMILES string of the molecule is CNCc1ccccc1COc1ccc(Cl)c(Cl)c1. The van der Waals surface area contributed by atoms with E-state index in [0.717, 1.165) is 12.1 Å². The molecule has 0 saturated heterocycles. The summed E-state index contributed by atoms with van der Waals surface area (Å²) < 4.78 is 5.74. The van der Waals surface area contributed by atoms with Crippen LogP contribution in [0, 0.1) is 0 Å². The van der Waals surface area contributed by atoms with E-state index in [4.69, 9.17) is 27.9 Å². The molecule has 0 aliphatic rings. The van der Waals surface area contributed by atoms with Gasteiger partial charge in [-0.15, -0.1) is 0 Å². The van der Waals surface area contributed by atoms with Crippen molar-refractivity contribution in [3.05, 3.63) is 63.6 Å². The number of hydrogen-bond acceptors (Lipinski definition) is 2. The Labute approximate surface area is 123 Å². The molecular formula is C15H15Cl2NO. The van der Waals surface area contributed by atoms with E-state index in [2.05, 4.69) is 17.4 Å². The molecule has 2 aromatic carbocycles. The highest BCUT2D eigenvalue weighted by Crippen LogP contribution is 2.27. The fourth-order valence-corrected chi connectivity index (χ4v) is 2.08. The number of benzene rings is 2. The average Bonchev–Trinajstić information content (AvgIpc) is 2.42. The third-order valence-corrected chi connectivity index (χ3v) is 3.51. The minimum absolute atomic E-state index is 0.502. The van der Waals surface area contributed by atoms with Gasteiger partial charge in [-0.1, -0.05) is 47.5 Å². The molecule has 0 atom stereocenters. The Balaban J connectivity index is 2.07. The van der Waals surface area contributed by atoms with Crippen molar-refractivity contribution >= 4 is 23.2 Å². The van der Waals surface area contributed by atoms with E-state index in [1.807, 2.05) is 25.2 Å². The first-order valence-electron chi connectivity index (χ1n) is 6.00. The summed E-state index contributed by atoms with van der Waals surface area (Å²) in [5.74, 6) is 0.716. The third-order valence-electron chi connectivity index (χ3n) is 2.77. The van der Waals surface area contributed by atoms with Crippen molar-refractivity contribution in [3.63, 3.8) is 0 Å². The molecular weight excluding hydrogens is 281 g/mol. The predicted octanol–water partition coefficient (Wildman–Crippen LogP) is 4.29. The van der Waals surface area contributed by atoms with Gasteiger partial charge in [0.2, 0.25) is 0 Å². The van der Waals surface area contributed by atoms with Gasteiger partial charge in [0, 0.05) is 12.6 Å². The molecule has 0 heterocycles. The lowest BCUT2D eigenvalue weighted by atomic mass is 10.1. The van der Waals surface area contributed by atoms with E-state index in [1.165, 1.54) is 5.56 Å². The van der Waals surface area contributed by atoms with Gasteiger partial charge in [0.15, 0.2) is 0 Å². The Kier molecular flexibility index (Phi) is 5.08. The van der Waals surface area contributed by atoms with E-state index in [1.54, 1.807) is 12.1 Å². The molecule has 0 radical (unpaired) electrons. The lowest BCUT2D eigenvalue weighted by Gasteiger charge is -2.11. The van der Waals surface area contributed by atoms with Crippen LogP contribution in [0.25, 0.3) is 0 Å². The molecule has 0 bridgehead atoms. The normalized spacial score (nSPS) is 10.5. The summed E-state index contributed by atoms with van der Waals surface area (Å²) >= 11 is 11.8. The highest BCUT2D eigenvalue weighted by Gasteiger charge is 2.04.